The number of ketones is 1. The van der Waals surface area contributed by atoms with Crippen molar-refractivity contribution in [3.8, 4) is 0 Å². The number of aliphatic imine (C=N–C) groups is 1. The SMILES string of the molecule is C=C/C=C(C=NC)/C(=C\NC)c1nc(C(C)=O)ns1.CC. The molecule has 0 fully saturated rings. The van der Waals surface area contributed by atoms with E-state index >= 15 is 0 Å². The lowest BCUT2D eigenvalue weighted by Crippen LogP contribution is -2.01. The Morgan fingerprint density at radius 3 is 2.52 bits per heavy atom. The maximum absolute atomic E-state index is 11.2. The molecule has 21 heavy (non-hydrogen) atoms. The summed E-state index contributed by atoms with van der Waals surface area (Å²) < 4.78 is 4.04. The van der Waals surface area contributed by atoms with Crippen LogP contribution in [-0.4, -0.2) is 35.5 Å². The molecule has 114 valence electrons. The first-order valence-corrected chi connectivity index (χ1v) is 7.39. The van der Waals surface area contributed by atoms with Gasteiger partial charge < -0.3 is 5.32 Å². The molecule has 0 aromatic carbocycles. The van der Waals surface area contributed by atoms with Gasteiger partial charge in [-0.25, -0.2) is 4.98 Å². The van der Waals surface area contributed by atoms with Gasteiger partial charge in [-0.1, -0.05) is 32.6 Å². The lowest BCUT2D eigenvalue weighted by Gasteiger charge is -2.04. The first kappa shape index (κ1) is 18.9. The van der Waals surface area contributed by atoms with Crippen LogP contribution in [0.15, 0.2) is 35.5 Å². The van der Waals surface area contributed by atoms with Crippen molar-refractivity contribution in [1.82, 2.24) is 14.7 Å². The summed E-state index contributed by atoms with van der Waals surface area (Å²) in [6.07, 6.45) is 7.00. The zero-order valence-electron chi connectivity index (χ0n) is 13.2. The van der Waals surface area contributed by atoms with Crippen LogP contribution in [-0.2, 0) is 0 Å². The van der Waals surface area contributed by atoms with Crippen LogP contribution >= 0.6 is 11.5 Å². The monoisotopic (exact) mass is 306 g/mol. The van der Waals surface area contributed by atoms with Crippen LogP contribution in [0.2, 0.25) is 0 Å². The van der Waals surface area contributed by atoms with Crippen LogP contribution in [0.1, 0.15) is 36.4 Å². The van der Waals surface area contributed by atoms with Gasteiger partial charge in [0.2, 0.25) is 5.82 Å². The zero-order chi connectivity index (χ0) is 16.3. The van der Waals surface area contributed by atoms with Crippen LogP contribution < -0.4 is 5.32 Å². The van der Waals surface area contributed by atoms with Crippen molar-refractivity contribution >= 4 is 29.1 Å². The van der Waals surface area contributed by atoms with Gasteiger partial charge in [0.1, 0.15) is 5.01 Å². The Kier molecular flexibility index (Phi) is 9.62. The van der Waals surface area contributed by atoms with Crippen molar-refractivity contribution in [3.63, 3.8) is 0 Å². The van der Waals surface area contributed by atoms with E-state index in [9.17, 15) is 4.79 Å². The number of carbonyl (C=O) groups is 1. The largest absolute Gasteiger partial charge is 0.393 e. The molecule has 0 atom stereocenters. The second kappa shape index (κ2) is 10.7. The van der Waals surface area contributed by atoms with Crippen molar-refractivity contribution < 1.29 is 4.79 Å². The minimum atomic E-state index is -0.148. The van der Waals surface area contributed by atoms with Crippen LogP contribution in [0, 0.1) is 0 Å². The highest BCUT2D eigenvalue weighted by molar-refractivity contribution is 7.06. The van der Waals surface area contributed by atoms with Gasteiger partial charge in [-0.3, -0.25) is 9.79 Å². The highest BCUT2D eigenvalue weighted by Gasteiger charge is 2.14. The molecule has 0 amide bonds. The third-order valence-electron chi connectivity index (χ3n) is 2.14. The zero-order valence-corrected chi connectivity index (χ0v) is 14.0. The third kappa shape index (κ3) is 5.83. The molecule has 0 aliphatic rings. The van der Waals surface area contributed by atoms with Gasteiger partial charge in [-0.15, -0.1) is 0 Å². The van der Waals surface area contributed by atoms with E-state index < -0.39 is 0 Å². The van der Waals surface area contributed by atoms with Crippen molar-refractivity contribution in [2.75, 3.05) is 14.1 Å². The van der Waals surface area contributed by atoms with Gasteiger partial charge in [-0.2, -0.15) is 4.37 Å². The highest BCUT2D eigenvalue weighted by atomic mass is 32.1. The summed E-state index contributed by atoms with van der Waals surface area (Å²) in [7, 11) is 3.48. The number of nitrogens with zero attached hydrogens (tertiary/aromatic N) is 3. The van der Waals surface area contributed by atoms with E-state index in [1.165, 1.54) is 18.5 Å². The van der Waals surface area contributed by atoms with Crippen LogP contribution in [0.25, 0.3) is 5.57 Å². The minimum absolute atomic E-state index is 0.148. The molecule has 1 heterocycles. The first-order chi connectivity index (χ1) is 10.1. The fraction of sp³-hybridized carbons (Fsp3) is 0.333. The molecule has 0 spiro atoms. The molecule has 0 saturated heterocycles. The number of allylic oxidation sites excluding steroid dienone is 4. The van der Waals surface area contributed by atoms with E-state index in [0.717, 1.165) is 11.1 Å². The molecule has 0 bridgehead atoms. The van der Waals surface area contributed by atoms with Crippen LogP contribution in [0.4, 0.5) is 0 Å². The van der Waals surface area contributed by atoms with E-state index in [0.29, 0.717) is 5.01 Å². The van der Waals surface area contributed by atoms with Crippen molar-refractivity contribution in [3.05, 3.63) is 41.3 Å². The van der Waals surface area contributed by atoms with Crippen molar-refractivity contribution in [1.29, 1.82) is 0 Å². The summed E-state index contributed by atoms with van der Waals surface area (Å²) in [5, 5.41) is 3.62. The lowest BCUT2D eigenvalue weighted by molar-refractivity contribution is 0.100. The molecule has 0 radical (unpaired) electrons. The van der Waals surface area contributed by atoms with Gasteiger partial charge in [0.05, 0.1) is 0 Å². The quantitative estimate of drug-likeness (QED) is 0.498. The minimum Gasteiger partial charge on any atom is -0.393 e. The summed E-state index contributed by atoms with van der Waals surface area (Å²) in [6.45, 7) is 9.13. The molecule has 0 unspecified atom stereocenters. The lowest BCUT2D eigenvalue weighted by atomic mass is 10.1. The number of carbonyl (C=O) groups excluding carboxylic acids is 1. The van der Waals surface area contributed by atoms with Crippen LogP contribution in [0.3, 0.4) is 0 Å². The first-order valence-electron chi connectivity index (χ1n) is 6.61. The van der Waals surface area contributed by atoms with Gasteiger partial charge >= 0.3 is 0 Å². The highest BCUT2D eigenvalue weighted by Crippen LogP contribution is 2.23. The average Bonchev–Trinajstić information content (AvgIpc) is 2.96. The molecular weight excluding hydrogens is 284 g/mol. The summed E-state index contributed by atoms with van der Waals surface area (Å²) in [4.78, 5) is 19.5. The molecule has 0 aliphatic carbocycles. The van der Waals surface area contributed by atoms with E-state index in [1.54, 1.807) is 32.6 Å². The Bertz CT molecular complexity index is 556. The second-order valence-electron chi connectivity index (χ2n) is 3.57. The Morgan fingerprint density at radius 2 is 2.10 bits per heavy atom. The normalized spacial score (nSPS) is 11.9. The number of rotatable bonds is 6. The topological polar surface area (TPSA) is 67.2 Å². The van der Waals surface area contributed by atoms with E-state index in [4.69, 9.17) is 0 Å². The molecule has 0 saturated carbocycles. The average molecular weight is 306 g/mol. The summed E-state index contributed by atoms with van der Waals surface area (Å²) in [6, 6.07) is 0. The maximum atomic E-state index is 11.2. The van der Waals surface area contributed by atoms with Gasteiger partial charge in [0, 0.05) is 44.6 Å². The van der Waals surface area contributed by atoms with Crippen LogP contribution in [0.5, 0.6) is 0 Å². The predicted molar refractivity (Wildman–Crippen MR) is 91.0 cm³/mol. The molecular formula is C15H22N4OS. The van der Waals surface area contributed by atoms with Gasteiger partial charge in [0.25, 0.3) is 0 Å². The molecule has 6 heteroatoms. The van der Waals surface area contributed by atoms with Gasteiger partial charge in [-0.05, 0) is 11.5 Å². The van der Waals surface area contributed by atoms with E-state index in [-0.39, 0.29) is 11.6 Å². The fourth-order valence-electron chi connectivity index (χ4n) is 1.36. The van der Waals surface area contributed by atoms with Gasteiger partial charge in [0.15, 0.2) is 5.78 Å². The molecule has 5 nitrogen and oxygen atoms in total. The number of hydrogen-bond donors (Lipinski definition) is 1. The molecule has 1 rings (SSSR count). The number of aromatic nitrogens is 2. The second-order valence-corrected chi connectivity index (χ2v) is 4.32. The Labute approximate surface area is 130 Å². The Morgan fingerprint density at radius 1 is 1.43 bits per heavy atom. The Hall–Kier alpha value is -2.08. The molecule has 1 aromatic rings. The Balaban J connectivity index is 0.00000191. The van der Waals surface area contributed by atoms with E-state index in [1.807, 2.05) is 19.9 Å². The fourth-order valence-corrected chi connectivity index (χ4v) is 2.10. The molecule has 1 aromatic heterocycles. The van der Waals surface area contributed by atoms with Crippen molar-refractivity contribution in [2.24, 2.45) is 4.99 Å². The summed E-state index contributed by atoms with van der Waals surface area (Å²) in [5.41, 5.74) is 1.66. The summed E-state index contributed by atoms with van der Waals surface area (Å²) in [5.74, 6) is 0.0816. The number of Topliss-reactive ketones (excluding diaryl/α,β-unsaturated/α-hetero) is 1. The standard InChI is InChI=1S/C13H16N4OS.C2H6/c1-5-6-10(7-14-3)11(8-15-4)13-16-12(9(2)18)17-19-13;1-2/h5-8,15H,1H2,2-4H3;1-2H3/b10-6+,11-8+,14-7?;. The molecule has 0 aliphatic heterocycles. The number of hydrogen-bond acceptors (Lipinski definition) is 6. The summed E-state index contributed by atoms with van der Waals surface area (Å²) >= 11 is 1.18. The molecule has 1 N–H and O–H groups in total. The number of nitrogens with one attached hydrogen (secondary N) is 1. The predicted octanol–water partition coefficient (Wildman–Crippen LogP) is 3.14. The van der Waals surface area contributed by atoms with Crippen molar-refractivity contribution in [2.45, 2.75) is 20.8 Å². The third-order valence-corrected chi connectivity index (χ3v) is 2.88. The van der Waals surface area contributed by atoms with E-state index in [2.05, 4.69) is 26.2 Å². The maximum Gasteiger partial charge on any atom is 0.209 e. The smallest absolute Gasteiger partial charge is 0.209 e.